The highest BCUT2D eigenvalue weighted by atomic mass is 32.1. The predicted octanol–water partition coefficient (Wildman–Crippen LogP) is 6.85. The number of benzene rings is 2. The molecule has 2 saturated carbocycles. The number of thiazole rings is 1. The highest BCUT2D eigenvalue weighted by Crippen LogP contribution is 2.46. The van der Waals surface area contributed by atoms with Gasteiger partial charge in [0.25, 0.3) is 0 Å². The summed E-state index contributed by atoms with van der Waals surface area (Å²) in [5, 5.41) is 4.81. The summed E-state index contributed by atoms with van der Waals surface area (Å²) in [4.78, 5) is 18.7. The minimum absolute atomic E-state index is 0.00750. The number of hydrogen-bond donors (Lipinski definition) is 0. The van der Waals surface area contributed by atoms with E-state index < -0.39 is 23.4 Å². The molecule has 0 bridgehead atoms. The summed E-state index contributed by atoms with van der Waals surface area (Å²) in [6.45, 7) is 1.79. The second kappa shape index (κ2) is 10.4. The third kappa shape index (κ3) is 4.88. The summed E-state index contributed by atoms with van der Waals surface area (Å²) < 4.78 is 61.2. The molecular formula is C30H28F3N3O4S. The number of halogens is 3. The van der Waals surface area contributed by atoms with E-state index in [1.165, 1.54) is 42.7 Å². The molecule has 3 fully saturated rings. The zero-order chi connectivity index (χ0) is 28.2. The Morgan fingerprint density at radius 2 is 1.85 bits per heavy atom. The van der Waals surface area contributed by atoms with Crippen LogP contribution in [0.15, 0.2) is 34.9 Å². The third-order valence-electron chi connectivity index (χ3n) is 8.56. The summed E-state index contributed by atoms with van der Waals surface area (Å²) in [5.41, 5.74) is 1.07. The lowest BCUT2D eigenvalue weighted by molar-refractivity contribution is -0.00495. The van der Waals surface area contributed by atoms with E-state index in [9.17, 15) is 18.0 Å². The van der Waals surface area contributed by atoms with Crippen LogP contribution < -0.4 is 4.90 Å². The summed E-state index contributed by atoms with van der Waals surface area (Å²) in [7, 11) is 1.27. The van der Waals surface area contributed by atoms with Crippen molar-refractivity contribution >= 4 is 32.7 Å². The summed E-state index contributed by atoms with van der Waals surface area (Å²) in [6, 6.07) is 6.57. The minimum atomic E-state index is -0.676. The number of rotatable bonds is 7. The van der Waals surface area contributed by atoms with Gasteiger partial charge in [-0.25, -0.2) is 22.9 Å². The van der Waals surface area contributed by atoms with Gasteiger partial charge in [0.2, 0.25) is 0 Å². The number of ether oxygens (including phenoxy) is 2. The Bertz CT molecular complexity index is 1610. The SMILES string of the molecule is COC(=O)c1cc(F)c2nc(N3C[C@H]4CC[C@H](OCc5c(-c6c(F)cccc6F)noc5C5CC5)C[C@H]4C3)sc2c1. The molecule has 3 aliphatic rings. The summed E-state index contributed by atoms with van der Waals surface area (Å²) >= 11 is 1.37. The van der Waals surface area contributed by atoms with E-state index in [1.54, 1.807) is 6.07 Å². The largest absolute Gasteiger partial charge is 0.465 e. The number of esters is 1. The van der Waals surface area contributed by atoms with Crippen LogP contribution >= 0.6 is 11.3 Å². The van der Waals surface area contributed by atoms with Crippen molar-refractivity contribution in [3.8, 4) is 11.3 Å². The zero-order valence-corrected chi connectivity index (χ0v) is 23.2. The number of carbonyl (C=O) groups excluding carboxylic acids is 1. The topological polar surface area (TPSA) is 77.7 Å². The number of fused-ring (bicyclic) bond motifs is 2. The van der Waals surface area contributed by atoms with E-state index in [0.717, 1.165) is 50.3 Å². The smallest absolute Gasteiger partial charge is 0.338 e. The molecular weight excluding hydrogens is 555 g/mol. The monoisotopic (exact) mass is 583 g/mol. The molecule has 0 spiro atoms. The molecule has 2 aromatic heterocycles. The van der Waals surface area contributed by atoms with Crippen molar-refractivity contribution in [3.63, 3.8) is 0 Å². The van der Waals surface area contributed by atoms with Gasteiger partial charge in [-0.1, -0.05) is 22.6 Å². The Balaban J connectivity index is 1.05. The van der Waals surface area contributed by atoms with Gasteiger partial charge in [-0.05, 0) is 68.2 Å². The predicted molar refractivity (Wildman–Crippen MR) is 146 cm³/mol. The molecule has 1 aliphatic heterocycles. The number of methoxy groups -OCH3 is 1. The van der Waals surface area contributed by atoms with Crippen LogP contribution in [0.25, 0.3) is 21.5 Å². The van der Waals surface area contributed by atoms with Crippen LogP contribution in [0, 0.1) is 29.3 Å². The summed E-state index contributed by atoms with van der Waals surface area (Å²) in [5.74, 6) is -0.740. The van der Waals surface area contributed by atoms with Gasteiger partial charge in [-0.2, -0.15) is 0 Å². The second-order valence-corrected chi connectivity index (χ2v) is 12.2. The number of aromatic nitrogens is 2. The lowest BCUT2D eigenvalue weighted by Gasteiger charge is -2.30. The van der Waals surface area contributed by atoms with Crippen LogP contribution in [0.3, 0.4) is 0 Å². The molecule has 0 radical (unpaired) electrons. The third-order valence-corrected chi connectivity index (χ3v) is 9.62. The fraction of sp³-hybridized carbons (Fsp3) is 0.433. The Morgan fingerprint density at radius 3 is 2.61 bits per heavy atom. The van der Waals surface area contributed by atoms with Crippen LogP contribution in [0.1, 0.15) is 59.7 Å². The minimum Gasteiger partial charge on any atom is -0.465 e. The van der Waals surface area contributed by atoms with Gasteiger partial charge < -0.3 is 18.9 Å². The normalized spacial score (nSPS) is 22.3. The molecule has 0 unspecified atom stereocenters. The number of carbonyl (C=O) groups is 1. The van der Waals surface area contributed by atoms with Crippen molar-refractivity contribution in [2.75, 3.05) is 25.1 Å². The average molecular weight is 584 g/mol. The van der Waals surface area contributed by atoms with Crippen molar-refractivity contribution in [3.05, 3.63) is 64.7 Å². The Hall–Kier alpha value is -3.44. The van der Waals surface area contributed by atoms with Crippen molar-refractivity contribution in [1.82, 2.24) is 10.1 Å². The van der Waals surface area contributed by atoms with Gasteiger partial charge in [0.15, 0.2) is 10.9 Å². The molecule has 3 atom stereocenters. The highest BCUT2D eigenvalue weighted by molar-refractivity contribution is 7.22. The molecule has 0 N–H and O–H groups in total. The maximum atomic E-state index is 14.7. The van der Waals surface area contributed by atoms with Crippen LogP contribution in [0.2, 0.25) is 0 Å². The quantitative estimate of drug-likeness (QED) is 0.220. The first-order chi connectivity index (χ1) is 19.9. The van der Waals surface area contributed by atoms with E-state index in [4.69, 9.17) is 14.0 Å². The standard InChI is InChI=1S/C30H28F3N3O4S/c1-38-29(37)17-10-23(33)27-24(11-17)41-30(34-27)36-12-16-7-8-19(9-18(16)13-36)39-14-20-26(35-40-28(20)15-5-6-15)25-21(31)3-2-4-22(25)32/h2-4,10-11,15-16,18-19H,5-9,12-14H2,1H3/t16-,18+,19+/m1/s1. The fourth-order valence-corrected chi connectivity index (χ4v) is 7.33. The van der Waals surface area contributed by atoms with Gasteiger partial charge in [0.1, 0.15) is 28.6 Å². The van der Waals surface area contributed by atoms with Crippen molar-refractivity contribution < 1.29 is 32.0 Å². The zero-order valence-electron chi connectivity index (χ0n) is 22.4. The van der Waals surface area contributed by atoms with E-state index in [1.807, 2.05) is 0 Å². The van der Waals surface area contributed by atoms with E-state index >= 15 is 0 Å². The van der Waals surface area contributed by atoms with Crippen LogP contribution in [0.5, 0.6) is 0 Å². The number of anilines is 1. The highest BCUT2D eigenvalue weighted by Gasteiger charge is 2.40. The van der Waals surface area contributed by atoms with Crippen LogP contribution in [-0.4, -0.2) is 42.4 Å². The number of hydrogen-bond acceptors (Lipinski definition) is 8. The van der Waals surface area contributed by atoms with Gasteiger partial charge in [-0.3, -0.25) is 0 Å². The van der Waals surface area contributed by atoms with Crippen molar-refractivity contribution in [2.24, 2.45) is 11.8 Å². The van der Waals surface area contributed by atoms with Crippen molar-refractivity contribution in [1.29, 1.82) is 0 Å². The number of nitrogens with zero attached hydrogens (tertiary/aromatic N) is 3. The molecule has 2 aromatic carbocycles. The van der Waals surface area contributed by atoms with Gasteiger partial charge in [0, 0.05) is 24.6 Å². The van der Waals surface area contributed by atoms with Gasteiger partial charge in [0.05, 0.1) is 35.6 Å². The first-order valence-corrected chi connectivity index (χ1v) is 14.7. The second-order valence-electron chi connectivity index (χ2n) is 11.2. The van der Waals surface area contributed by atoms with Crippen LogP contribution in [0.4, 0.5) is 18.3 Å². The first-order valence-electron chi connectivity index (χ1n) is 13.9. The van der Waals surface area contributed by atoms with Crippen molar-refractivity contribution in [2.45, 2.75) is 50.7 Å². The molecule has 0 amide bonds. The Morgan fingerprint density at radius 1 is 1.07 bits per heavy atom. The lowest BCUT2D eigenvalue weighted by atomic mass is 9.80. The molecule has 7 rings (SSSR count). The Kier molecular flexibility index (Phi) is 6.73. The molecule has 2 aliphatic carbocycles. The molecule has 214 valence electrons. The van der Waals surface area contributed by atoms with E-state index in [-0.39, 0.29) is 41.0 Å². The lowest BCUT2D eigenvalue weighted by Crippen LogP contribution is -2.28. The van der Waals surface area contributed by atoms with E-state index in [2.05, 4.69) is 15.0 Å². The summed E-state index contributed by atoms with van der Waals surface area (Å²) in [6.07, 6.45) is 4.62. The average Bonchev–Trinajstić information content (AvgIpc) is 3.37. The van der Waals surface area contributed by atoms with Gasteiger partial charge >= 0.3 is 5.97 Å². The van der Waals surface area contributed by atoms with E-state index in [0.29, 0.717) is 27.9 Å². The molecule has 3 heterocycles. The molecule has 4 aromatic rings. The molecule has 11 heteroatoms. The molecule has 7 nitrogen and oxygen atoms in total. The fourth-order valence-electron chi connectivity index (χ4n) is 6.29. The maximum absolute atomic E-state index is 14.7. The Labute approximate surface area is 238 Å². The van der Waals surface area contributed by atoms with Gasteiger partial charge in [-0.15, -0.1) is 0 Å². The maximum Gasteiger partial charge on any atom is 0.338 e. The molecule has 41 heavy (non-hydrogen) atoms. The molecule has 1 saturated heterocycles. The first kappa shape index (κ1) is 26.5. The van der Waals surface area contributed by atoms with Crippen LogP contribution in [-0.2, 0) is 16.1 Å².